The van der Waals surface area contributed by atoms with E-state index in [1.54, 1.807) is 0 Å². The Morgan fingerprint density at radius 2 is 2.05 bits per heavy atom. The van der Waals surface area contributed by atoms with Crippen LogP contribution in [0.3, 0.4) is 0 Å². The molecule has 0 heterocycles. The molecule has 0 saturated carbocycles. The first kappa shape index (κ1) is 17.7. The molecular formula is C12H18Cl2N2O3S. The zero-order valence-corrected chi connectivity index (χ0v) is 13.6. The van der Waals surface area contributed by atoms with E-state index in [2.05, 4.69) is 4.72 Å². The highest BCUT2D eigenvalue weighted by Crippen LogP contribution is 2.30. The highest BCUT2D eigenvalue weighted by molar-refractivity contribution is 7.89. The fourth-order valence-corrected chi connectivity index (χ4v) is 3.93. The first-order valence-electron chi connectivity index (χ1n) is 6.05. The van der Waals surface area contributed by atoms with Gasteiger partial charge >= 0.3 is 0 Å². The Bertz CT molecular complexity index is 564. The summed E-state index contributed by atoms with van der Waals surface area (Å²) in [6.45, 7) is 2.21. The van der Waals surface area contributed by atoms with Crippen LogP contribution in [0.1, 0.15) is 18.9 Å². The fraction of sp³-hybridized carbons (Fsp3) is 0.500. The largest absolute Gasteiger partial charge is 0.383 e. The number of benzene rings is 1. The minimum absolute atomic E-state index is 0.0291. The summed E-state index contributed by atoms with van der Waals surface area (Å²) in [7, 11) is -2.24. The van der Waals surface area contributed by atoms with E-state index in [0.717, 1.165) is 0 Å². The van der Waals surface area contributed by atoms with Gasteiger partial charge in [0.05, 0.1) is 11.6 Å². The molecule has 0 amide bonds. The molecule has 0 aliphatic heterocycles. The van der Waals surface area contributed by atoms with Gasteiger partial charge in [0.15, 0.2) is 0 Å². The Labute approximate surface area is 129 Å². The summed E-state index contributed by atoms with van der Waals surface area (Å²) in [5.41, 5.74) is 5.95. The quantitative estimate of drug-likeness (QED) is 0.796. The van der Waals surface area contributed by atoms with E-state index in [4.69, 9.17) is 33.7 Å². The van der Waals surface area contributed by atoms with Gasteiger partial charge in [0.1, 0.15) is 4.90 Å². The number of nitrogens with one attached hydrogen (secondary N) is 1. The maximum Gasteiger partial charge on any atom is 0.242 e. The van der Waals surface area contributed by atoms with Crippen molar-refractivity contribution in [2.75, 3.05) is 13.7 Å². The lowest BCUT2D eigenvalue weighted by atomic mass is 10.2. The molecule has 1 aromatic rings. The molecule has 0 radical (unpaired) electrons. The lowest BCUT2D eigenvalue weighted by molar-refractivity contribution is 0.173. The van der Waals surface area contributed by atoms with Crippen LogP contribution in [0, 0.1) is 0 Å². The molecular weight excluding hydrogens is 323 g/mol. The fourth-order valence-electron chi connectivity index (χ4n) is 1.69. The Kier molecular flexibility index (Phi) is 6.71. The molecule has 5 nitrogen and oxygen atoms in total. The van der Waals surface area contributed by atoms with Crippen molar-refractivity contribution in [1.29, 1.82) is 0 Å². The lowest BCUT2D eigenvalue weighted by Crippen LogP contribution is -2.37. The third kappa shape index (κ3) is 4.07. The number of sulfonamides is 1. The Balaban J connectivity index is 3.16. The zero-order chi connectivity index (χ0) is 15.3. The number of methoxy groups -OCH3 is 1. The number of rotatable bonds is 7. The molecule has 114 valence electrons. The van der Waals surface area contributed by atoms with E-state index < -0.39 is 10.0 Å². The zero-order valence-electron chi connectivity index (χ0n) is 11.3. The summed E-state index contributed by atoms with van der Waals surface area (Å²) in [5.74, 6) is 0. The highest BCUT2D eigenvalue weighted by atomic mass is 35.5. The lowest BCUT2D eigenvalue weighted by Gasteiger charge is -2.17. The van der Waals surface area contributed by atoms with Gasteiger partial charge in [-0.15, -0.1) is 0 Å². The van der Waals surface area contributed by atoms with Gasteiger partial charge in [0.2, 0.25) is 10.0 Å². The van der Waals surface area contributed by atoms with Crippen LogP contribution < -0.4 is 10.5 Å². The number of nitrogens with two attached hydrogens (primary N) is 1. The van der Waals surface area contributed by atoms with Crippen molar-refractivity contribution in [3.8, 4) is 0 Å². The molecule has 20 heavy (non-hydrogen) atoms. The number of hydrogen-bond donors (Lipinski definition) is 2. The molecule has 1 atom stereocenters. The maximum absolute atomic E-state index is 12.3. The Morgan fingerprint density at radius 1 is 1.40 bits per heavy atom. The van der Waals surface area contributed by atoms with Crippen molar-refractivity contribution in [2.24, 2.45) is 5.73 Å². The maximum atomic E-state index is 12.3. The third-order valence-electron chi connectivity index (χ3n) is 2.83. The van der Waals surface area contributed by atoms with Gasteiger partial charge in [0.25, 0.3) is 0 Å². The normalized spacial score (nSPS) is 13.4. The van der Waals surface area contributed by atoms with Crippen molar-refractivity contribution >= 4 is 33.2 Å². The van der Waals surface area contributed by atoms with Crippen LogP contribution >= 0.6 is 23.2 Å². The summed E-state index contributed by atoms with van der Waals surface area (Å²) >= 11 is 12.0. The highest BCUT2D eigenvalue weighted by Gasteiger charge is 2.23. The molecule has 0 aliphatic rings. The van der Waals surface area contributed by atoms with E-state index in [9.17, 15) is 8.42 Å². The molecule has 0 aromatic heterocycles. The van der Waals surface area contributed by atoms with Crippen LogP contribution in [0.2, 0.25) is 10.0 Å². The first-order chi connectivity index (χ1) is 9.37. The number of ether oxygens (including phenoxy) is 1. The van der Waals surface area contributed by atoms with E-state index >= 15 is 0 Å². The molecule has 0 spiro atoms. The van der Waals surface area contributed by atoms with Gasteiger partial charge in [-0.3, -0.25) is 0 Å². The topological polar surface area (TPSA) is 81.4 Å². The molecule has 1 rings (SSSR count). The van der Waals surface area contributed by atoms with Crippen LogP contribution in [-0.2, 0) is 21.3 Å². The summed E-state index contributed by atoms with van der Waals surface area (Å²) in [5, 5.41) is 0.403. The van der Waals surface area contributed by atoms with Crippen LogP contribution in [0.4, 0.5) is 0 Å². The summed E-state index contributed by atoms with van der Waals surface area (Å²) in [4.78, 5) is -0.0291. The average Bonchev–Trinajstić information content (AvgIpc) is 2.38. The molecule has 3 N–H and O–H groups in total. The van der Waals surface area contributed by atoms with Crippen molar-refractivity contribution in [3.63, 3.8) is 0 Å². The van der Waals surface area contributed by atoms with E-state index in [1.807, 2.05) is 6.92 Å². The number of hydrogen-bond acceptors (Lipinski definition) is 4. The summed E-state index contributed by atoms with van der Waals surface area (Å²) in [6.07, 6.45) is 0.599. The van der Waals surface area contributed by atoms with E-state index in [-0.39, 0.29) is 29.1 Å². The first-order valence-corrected chi connectivity index (χ1v) is 8.29. The van der Waals surface area contributed by atoms with Crippen molar-refractivity contribution in [1.82, 2.24) is 4.72 Å². The van der Waals surface area contributed by atoms with Gasteiger partial charge in [-0.2, -0.15) is 0 Å². The summed E-state index contributed by atoms with van der Waals surface area (Å²) in [6, 6.07) is 2.52. The van der Waals surface area contributed by atoms with Crippen molar-refractivity contribution < 1.29 is 13.2 Å². The van der Waals surface area contributed by atoms with Crippen LogP contribution in [0.15, 0.2) is 17.0 Å². The predicted molar refractivity (Wildman–Crippen MR) is 80.6 cm³/mol. The molecule has 8 heteroatoms. The SMILES string of the molecule is CCC(COC)NS(=O)(=O)c1ccc(Cl)c(CN)c1Cl. The second-order valence-electron chi connectivity index (χ2n) is 4.22. The van der Waals surface area contributed by atoms with E-state index in [0.29, 0.717) is 17.0 Å². The van der Waals surface area contributed by atoms with Gasteiger partial charge in [0, 0.05) is 30.3 Å². The van der Waals surface area contributed by atoms with Gasteiger partial charge in [-0.1, -0.05) is 30.1 Å². The molecule has 0 saturated heterocycles. The smallest absolute Gasteiger partial charge is 0.242 e. The molecule has 1 aromatic carbocycles. The Hall–Kier alpha value is -0.370. The minimum atomic E-state index is -3.75. The molecule has 0 bridgehead atoms. The number of halogens is 2. The second-order valence-corrected chi connectivity index (χ2v) is 6.69. The van der Waals surface area contributed by atoms with Crippen LogP contribution in [-0.4, -0.2) is 28.2 Å². The average molecular weight is 341 g/mol. The van der Waals surface area contributed by atoms with Gasteiger partial charge < -0.3 is 10.5 Å². The Morgan fingerprint density at radius 3 is 2.55 bits per heavy atom. The van der Waals surface area contributed by atoms with Crippen LogP contribution in [0.25, 0.3) is 0 Å². The third-order valence-corrected chi connectivity index (χ3v) is 5.29. The van der Waals surface area contributed by atoms with E-state index in [1.165, 1.54) is 19.2 Å². The predicted octanol–water partition coefficient (Wildman–Crippen LogP) is 2.16. The second kappa shape index (κ2) is 7.59. The monoisotopic (exact) mass is 340 g/mol. The van der Waals surface area contributed by atoms with Crippen LogP contribution in [0.5, 0.6) is 0 Å². The molecule has 1 unspecified atom stereocenters. The summed E-state index contributed by atoms with van der Waals surface area (Å²) < 4.78 is 32.2. The molecule has 0 fully saturated rings. The van der Waals surface area contributed by atoms with Crippen molar-refractivity contribution in [3.05, 3.63) is 27.7 Å². The standard InChI is InChI=1S/C12H18Cl2N2O3S/c1-3-8(7-19-2)16-20(17,18)11-5-4-10(13)9(6-15)12(11)14/h4-5,8,16H,3,6-7,15H2,1-2H3. The van der Waals surface area contributed by atoms with Crippen molar-refractivity contribution in [2.45, 2.75) is 30.8 Å². The molecule has 0 aliphatic carbocycles. The van der Waals surface area contributed by atoms with Gasteiger partial charge in [-0.25, -0.2) is 13.1 Å². The minimum Gasteiger partial charge on any atom is -0.383 e. The van der Waals surface area contributed by atoms with Gasteiger partial charge in [-0.05, 0) is 18.6 Å².